The van der Waals surface area contributed by atoms with Crippen molar-refractivity contribution < 1.29 is 4.74 Å². The Morgan fingerprint density at radius 1 is 1.05 bits per heavy atom. The summed E-state index contributed by atoms with van der Waals surface area (Å²) in [6, 6.07) is 18.0. The Balaban J connectivity index is 2.15. The summed E-state index contributed by atoms with van der Waals surface area (Å²) in [7, 11) is 1.66. The number of rotatable bonds is 3. The van der Waals surface area contributed by atoms with Crippen LogP contribution >= 0.6 is 0 Å². The molecule has 1 unspecified atom stereocenters. The van der Waals surface area contributed by atoms with Crippen molar-refractivity contribution >= 4 is 10.9 Å². The molecule has 21 heavy (non-hydrogen) atoms. The van der Waals surface area contributed by atoms with Crippen molar-refractivity contribution in [1.82, 2.24) is 4.98 Å². The lowest BCUT2D eigenvalue weighted by Crippen LogP contribution is -2.34. The predicted octanol–water partition coefficient (Wildman–Crippen LogP) is 3.47. The van der Waals surface area contributed by atoms with Gasteiger partial charge in [0.15, 0.2) is 0 Å². The van der Waals surface area contributed by atoms with Crippen LogP contribution < -0.4 is 10.5 Å². The molecule has 0 amide bonds. The summed E-state index contributed by atoms with van der Waals surface area (Å²) in [5.41, 5.74) is 8.83. The SMILES string of the molecule is COc1ccccc1C(C)(N)c1cnc2ccccc2c1. The number of methoxy groups -OCH3 is 1. The summed E-state index contributed by atoms with van der Waals surface area (Å²) < 4.78 is 5.44. The second kappa shape index (κ2) is 5.19. The van der Waals surface area contributed by atoms with Gasteiger partial charge in [0.2, 0.25) is 0 Å². The van der Waals surface area contributed by atoms with E-state index in [1.54, 1.807) is 7.11 Å². The lowest BCUT2D eigenvalue weighted by molar-refractivity contribution is 0.399. The number of nitrogens with zero attached hydrogens (tertiary/aromatic N) is 1. The largest absolute Gasteiger partial charge is 0.496 e. The molecule has 0 aliphatic carbocycles. The first-order valence-electron chi connectivity index (χ1n) is 6.90. The van der Waals surface area contributed by atoms with E-state index in [-0.39, 0.29) is 0 Å². The number of fused-ring (bicyclic) bond motifs is 1. The molecule has 0 bridgehead atoms. The number of hydrogen-bond acceptors (Lipinski definition) is 3. The van der Waals surface area contributed by atoms with Gasteiger partial charge < -0.3 is 10.5 Å². The Morgan fingerprint density at radius 2 is 1.76 bits per heavy atom. The highest BCUT2D eigenvalue weighted by atomic mass is 16.5. The number of aromatic nitrogens is 1. The molecule has 3 nitrogen and oxygen atoms in total. The Hall–Kier alpha value is -2.39. The van der Waals surface area contributed by atoms with Gasteiger partial charge in [0.25, 0.3) is 0 Å². The van der Waals surface area contributed by atoms with Crippen LogP contribution in [0.4, 0.5) is 0 Å². The molecule has 3 rings (SSSR count). The Bertz CT molecular complexity index is 781. The molecule has 2 aromatic carbocycles. The first-order valence-corrected chi connectivity index (χ1v) is 6.90. The van der Waals surface area contributed by atoms with Gasteiger partial charge >= 0.3 is 0 Å². The van der Waals surface area contributed by atoms with E-state index in [1.807, 2.05) is 61.7 Å². The molecule has 0 spiro atoms. The van der Waals surface area contributed by atoms with Crippen molar-refractivity contribution in [2.24, 2.45) is 5.73 Å². The number of para-hydroxylation sites is 2. The second-order valence-electron chi connectivity index (χ2n) is 5.32. The van der Waals surface area contributed by atoms with E-state index in [2.05, 4.69) is 11.1 Å². The Morgan fingerprint density at radius 3 is 2.57 bits per heavy atom. The van der Waals surface area contributed by atoms with Gasteiger partial charge in [0, 0.05) is 17.1 Å². The molecule has 0 saturated carbocycles. The second-order valence-corrected chi connectivity index (χ2v) is 5.32. The smallest absolute Gasteiger partial charge is 0.124 e. The molecule has 0 aliphatic rings. The van der Waals surface area contributed by atoms with Crippen molar-refractivity contribution in [2.75, 3.05) is 7.11 Å². The van der Waals surface area contributed by atoms with E-state index in [1.165, 1.54) is 0 Å². The van der Waals surface area contributed by atoms with Gasteiger partial charge in [-0.2, -0.15) is 0 Å². The summed E-state index contributed by atoms with van der Waals surface area (Å²) in [5.74, 6) is 0.788. The quantitative estimate of drug-likeness (QED) is 0.798. The Labute approximate surface area is 124 Å². The van der Waals surface area contributed by atoms with Crippen molar-refractivity contribution in [2.45, 2.75) is 12.5 Å². The van der Waals surface area contributed by atoms with Crippen LogP contribution in [0, 0.1) is 0 Å². The highest BCUT2D eigenvalue weighted by Crippen LogP contribution is 2.33. The van der Waals surface area contributed by atoms with E-state index in [0.29, 0.717) is 0 Å². The summed E-state index contributed by atoms with van der Waals surface area (Å²) in [6.07, 6.45) is 1.84. The number of nitrogens with two attached hydrogens (primary N) is 1. The van der Waals surface area contributed by atoms with Crippen LogP contribution in [0.15, 0.2) is 60.8 Å². The fourth-order valence-corrected chi connectivity index (χ4v) is 2.58. The first-order chi connectivity index (χ1) is 10.1. The van der Waals surface area contributed by atoms with Crippen molar-refractivity contribution in [3.8, 4) is 5.75 Å². The van der Waals surface area contributed by atoms with Crippen LogP contribution in [-0.2, 0) is 5.54 Å². The number of hydrogen-bond donors (Lipinski definition) is 1. The first kappa shape index (κ1) is 13.6. The van der Waals surface area contributed by atoms with E-state index in [0.717, 1.165) is 27.8 Å². The fourth-order valence-electron chi connectivity index (χ4n) is 2.58. The zero-order valence-corrected chi connectivity index (χ0v) is 12.2. The zero-order valence-electron chi connectivity index (χ0n) is 12.2. The molecule has 0 aliphatic heterocycles. The molecule has 3 aromatic rings. The highest BCUT2D eigenvalue weighted by molar-refractivity contribution is 5.79. The van der Waals surface area contributed by atoms with Gasteiger partial charge in [-0.05, 0) is 30.7 Å². The zero-order chi connectivity index (χ0) is 14.9. The average molecular weight is 278 g/mol. The maximum Gasteiger partial charge on any atom is 0.124 e. The molecule has 3 heteroatoms. The minimum atomic E-state index is -0.663. The van der Waals surface area contributed by atoms with Crippen LogP contribution in [0.25, 0.3) is 10.9 Å². The van der Waals surface area contributed by atoms with E-state index >= 15 is 0 Å². The molecule has 106 valence electrons. The third-order valence-corrected chi connectivity index (χ3v) is 3.86. The van der Waals surface area contributed by atoms with Gasteiger partial charge in [-0.1, -0.05) is 36.4 Å². The fraction of sp³-hybridized carbons (Fsp3) is 0.167. The standard InChI is InChI=1S/C18H18N2O/c1-18(19,15-8-4-6-10-17(15)21-2)14-11-13-7-3-5-9-16(13)20-12-14/h3-12H,19H2,1-2H3. The molecular weight excluding hydrogens is 260 g/mol. The third kappa shape index (κ3) is 2.36. The molecule has 1 aromatic heterocycles. The summed E-state index contributed by atoms with van der Waals surface area (Å²) in [5, 5.41) is 1.08. The normalized spacial score (nSPS) is 13.9. The Kier molecular flexibility index (Phi) is 3.35. The van der Waals surface area contributed by atoms with Gasteiger partial charge in [-0.15, -0.1) is 0 Å². The maximum atomic E-state index is 6.61. The maximum absolute atomic E-state index is 6.61. The average Bonchev–Trinajstić information content (AvgIpc) is 2.54. The molecule has 1 atom stereocenters. The minimum absolute atomic E-state index is 0.663. The van der Waals surface area contributed by atoms with E-state index in [4.69, 9.17) is 10.5 Å². The van der Waals surface area contributed by atoms with Gasteiger partial charge in [0.1, 0.15) is 5.75 Å². The number of benzene rings is 2. The van der Waals surface area contributed by atoms with Gasteiger partial charge in [0.05, 0.1) is 18.2 Å². The lowest BCUT2D eigenvalue weighted by Gasteiger charge is -2.27. The van der Waals surface area contributed by atoms with Crippen LogP contribution in [0.3, 0.4) is 0 Å². The van der Waals surface area contributed by atoms with E-state index in [9.17, 15) is 0 Å². The monoisotopic (exact) mass is 278 g/mol. The molecule has 1 heterocycles. The van der Waals surface area contributed by atoms with Crippen LogP contribution in [0.2, 0.25) is 0 Å². The topological polar surface area (TPSA) is 48.1 Å². The minimum Gasteiger partial charge on any atom is -0.496 e. The summed E-state index contributed by atoms with van der Waals surface area (Å²) >= 11 is 0. The predicted molar refractivity (Wildman–Crippen MR) is 85.4 cm³/mol. The van der Waals surface area contributed by atoms with Crippen molar-refractivity contribution in [3.05, 3.63) is 71.9 Å². The van der Waals surface area contributed by atoms with Gasteiger partial charge in [-0.25, -0.2) is 0 Å². The molecule has 0 fully saturated rings. The number of pyridine rings is 1. The molecule has 0 saturated heterocycles. The molecule has 2 N–H and O–H groups in total. The van der Waals surface area contributed by atoms with Gasteiger partial charge in [-0.3, -0.25) is 4.98 Å². The van der Waals surface area contributed by atoms with E-state index < -0.39 is 5.54 Å². The van der Waals surface area contributed by atoms with Crippen molar-refractivity contribution in [1.29, 1.82) is 0 Å². The van der Waals surface area contributed by atoms with Crippen LogP contribution in [0.1, 0.15) is 18.1 Å². The third-order valence-electron chi connectivity index (χ3n) is 3.86. The molecular formula is C18H18N2O. The van der Waals surface area contributed by atoms with Crippen LogP contribution in [0.5, 0.6) is 5.75 Å². The summed E-state index contributed by atoms with van der Waals surface area (Å²) in [4.78, 5) is 4.51. The number of ether oxygens (including phenoxy) is 1. The molecule has 0 radical (unpaired) electrons. The highest BCUT2D eigenvalue weighted by Gasteiger charge is 2.27. The lowest BCUT2D eigenvalue weighted by atomic mass is 9.85. The van der Waals surface area contributed by atoms with Crippen LogP contribution in [-0.4, -0.2) is 12.1 Å². The summed E-state index contributed by atoms with van der Waals surface area (Å²) in [6.45, 7) is 1.98. The van der Waals surface area contributed by atoms with Crippen molar-refractivity contribution in [3.63, 3.8) is 0 Å².